The van der Waals surface area contributed by atoms with E-state index in [0.717, 1.165) is 5.57 Å². The Bertz CT molecular complexity index is 80.5. The van der Waals surface area contributed by atoms with Crippen LogP contribution in [0.3, 0.4) is 0 Å². The summed E-state index contributed by atoms with van der Waals surface area (Å²) in [6.07, 6.45) is -0.766. The van der Waals surface area contributed by atoms with Gasteiger partial charge in [0.2, 0.25) is 6.43 Å². The molecule has 0 aliphatic rings. The topological polar surface area (TPSA) is 0 Å². The lowest BCUT2D eigenvalue weighted by Gasteiger charge is -1.90. The third kappa shape index (κ3) is 5.60. The lowest BCUT2D eigenvalue weighted by Crippen LogP contribution is -1.84. The zero-order chi connectivity index (χ0) is 6.57. The molecule has 0 radical (unpaired) electrons. The molecular formula is C6H10F2. The molecule has 0 aromatic heterocycles. The highest BCUT2D eigenvalue weighted by Gasteiger charge is 1.95. The van der Waals surface area contributed by atoms with Crippen LogP contribution in [0.2, 0.25) is 0 Å². The highest BCUT2D eigenvalue weighted by molar-refractivity contribution is 4.92. The first-order valence-electron chi connectivity index (χ1n) is 2.54. The lowest BCUT2D eigenvalue weighted by molar-refractivity contribution is 0.152. The van der Waals surface area contributed by atoms with Crippen molar-refractivity contribution in [1.82, 2.24) is 0 Å². The molecule has 0 unspecified atom stereocenters. The minimum atomic E-state index is -2.19. The Morgan fingerprint density at radius 1 is 1.50 bits per heavy atom. The van der Waals surface area contributed by atoms with Gasteiger partial charge in [-0.25, -0.2) is 8.78 Å². The third-order valence-electron chi connectivity index (χ3n) is 0.704. The second-order valence-electron chi connectivity index (χ2n) is 1.91. The monoisotopic (exact) mass is 120 g/mol. The maximum Gasteiger partial charge on any atom is 0.242 e. The highest BCUT2D eigenvalue weighted by atomic mass is 19.3. The molecule has 0 atom stereocenters. The summed E-state index contributed by atoms with van der Waals surface area (Å²) in [6, 6.07) is 0. The van der Waals surface area contributed by atoms with Crippen molar-refractivity contribution in [1.29, 1.82) is 0 Å². The van der Waals surface area contributed by atoms with Gasteiger partial charge in [0.25, 0.3) is 0 Å². The van der Waals surface area contributed by atoms with Gasteiger partial charge in [-0.3, -0.25) is 0 Å². The van der Waals surface area contributed by atoms with Crippen molar-refractivity contribution in [2.75, 3.05) is 0 Å². The summed E-state index contributed by atoms with van der Waals surface area (Å²) in [6.45, 7) is 3.62. The number of alkyl halides is 2. The standard InChI is InChI=1S/C6H10F2/c1-5(2)3-4-6(7)8/h3,6H,4H2,1-2H3. The summed E-state index contributed by atoms with van der Waals surface area (Å²) in [5.74, 6) is 0. The Morgan fingerprint density at radius 2 is 2.00 bits per heavy atom. The van der Waals surface area contributed by atoms with E-state index in [1.807, 2.05) is 13.8 Å². The van der Waals surface area contributed by atoms with Gasteiger partial charge in [-0.2, -0.15) is 0 Å². The minimum absolute atomic E-state index is 0.109. The van der Waals surface area contributed by atoms with Gasteiger partial charge in [0, 0.05) is 6.42 Å². The van der Waals surface area contributed by atoms with E-state index < -0.39 is 6.43 Å². The first-order chi connectivity index (χ1) is 3.63. The number of allylic oxidation sites excluding steroid dienone is 2. The molecule has 0 aliphatic carbocycles. The van der Waals surface area contributed by atoms with Crippen molar-refractivity contribution in [3.63, 3.8) is 0 Å². The molecule has 0 amide bonds. The van der Waals surface area contributed by atoms with Crippen molar-refractivity contribution >= 4 is 0 Å². The Hall–Kier alpha value is -0.400. The molecule has 0 fully saturated rings. The van der Waals surface area contributed by atoms with Crippen LogP contribution in [0.4, 0.5) is 8.78 Å². The van der Waals surface area contributed by atoms with Crippen LogP contribution < -0.4 is 0 Å². The summed E-state index contributed by atoms with van der Waals surface area (Å²) in [4.78, 5) is 0. The molecule has 0 heterocycles. The molecule has 0 aromatic carbocycles. The Morgan fingerprint density at radius 3 is 2.12 bits per heavy atom. The Balaban J connectivity index is 3.29. The first-order valence-corrected chi connectivity index (χ1v) is 2.54. The molecule has 0 spiro atoms. The summed E-state index contributed by atoms with van der Waals surface area (Å²) in [5, 5.41) is 0. The van der Waals surface area contributed by atoms with Crippen LogP contribution in [0.1, 0.15) is 20.3 Å². The van der Waals surface area contributed by atoms with Crippen LogP contribution in [-0.4, -0.2) is 6.43 Å². The zero-order valence-electron chi connectivity index (χ0n) is 5.12. The lowest BCUT2D eigenvalue weighted by atomic mass is 10.3. The molecule has 8 heavy (non-hydrogen) atoms. The average Bonchev–Trinajstić information content (AvgIpc) is 1.61. The van der Waals surface area contributed by atoms with Gasteiger partial charge in [0.05, 0.1) is 0 Å². The fourth-order valence-electron chi connectivity index (χ4n) is 0.325. The van der Waals surface area contributed by atoms with Gasteiger partial charge >= 0.3 is 0 Å². The van der Waals surface area contributed by atoms with Crippen LogP contribution in [0.5, 0.6) is 0 Å². The van der Waals surface area contributed by atoms with Crippen LogP contribution in [0.15, 0.2) is 11.6 Å². The smallest absolute Gasteiger partial charge is 0.210 e. The summed E-state index contributed by atoms with van der Waals surface area (Å²) >= 11 is 0. The van der Waals surface area contributed by atoms with E-state index in [1.165, 1.54) is 6.08 Å². The molecule has 48 valence electrons. The van der Waals surface area contributed by atoms with Gasteiger partial charge in [0.15, 0.2) is 0 Å². The molecule has 0 saturated heterocycles. The molecule has 2 heteroatoms. The zero-order valence-corrected chi connectivity index (χ0v) is 5.12. The fourth-order valence-corrected chi connectivity index (χ4v) is 0.325. The minimum Gasteiger partial charge on any atom is -0.210 e. The van der Waals surface area contributed by atoms with Gasteiger partial charge in [-0.1, -0.05) is 11.6 Å². The van der Waals surface area contributed by atoms with E-state index in [-0.39, 0.29) is 6.42 Å². The molecule has 0 aliphatic heterocycles. The SMILES string of the molecule is CC(C)=CCC(F)F. The summed E-state index contributed by atoms with van der Waals surface area (Å²) < 4.78 is 22.7. The largest absolute Gasteiger partial charge is 0.242 e. The van der Waals surface area contributed by atoms with Crippen molar-refractivity contribution < 1.29 is 8.78 Å². The number of rotatable bonds is 2. The van der Waals surface area contributed by atoms with Crippen molar-refractivity contribution in [2.45, 2.75) is 26.7 Å². The predicted molar refractivity (Wildman–Crippen MR) is 30.1 cm³/mol. The molecule has 0 N–H and O–H groups in total. The predicted octanol–water partition coefficient (Wildman–Crippen LogP) is 2.61. The maximum absolute atomic E-state index is 11.4. The molecular weight excluding hydrogens is 110 g/mol. The third-order valence-corrected chi connectivity index (χ3v) is 0.704. The Kier molecular flexibility index (Phi) is 3.40. The number of hydrogen-bond acceptors (Lipinski definition) is 0. The van der Waals surface area contributed by atoms with E-state index in [0.29, 0.717) is 0 Å². The number of halogens is 2. The second kappa shape index (κ2) is 3.58. The summed E-state index contributed by atoms with van der Waals surface area (Å²) in [7, 11) is 0. The van der Waals surface area contributed by atoms with Crippen molar-refractivity contribution in [2.24, 2.45) is 0 Å². The van der Waals surface area contributed by atoms with Crippen LogP contribution in [-0.2, 0) is 0 Å². The van der Waals surface area contributed by atoms with Crippen LogP contribution in [0, 0.1) is 0 Å². The van der Waals surface area contributed by atoms with E-state index in [4.69, 9.17) is 0 Å². The summed E-state index contributed by atoms with van der Waals surface area (Å²) in [5.41, 5.74) is 0.949. The fraction of sp³-hybridized carbons (Fsp3) is 0.667. The van der Waals surface area contributed by atoms with Crippen LogP contribution >= 0.6 is 0 Å². The average molecular weight is 120 g/mol. The molecule has 0 nitrogen and oxygen atoms in total. The molecule has 0 saturated carbocycles. The highest BCUT2D eigenvalue weighted by Crippen LogP contribution is 2.01. The van der Waals surface area contributed by atoms with Gasteiger partial charge < -0.3 is 0 Å². The number of hydrogen-bond donors (Lipinski definition) is 0. The molecule has 0 aromatic rings. The molecule has 0 rings (SSSR count). The quantitative estimate of drug-likeness (QED) is 0.491. The van der Waals surface area contributed by atoms with Gasteiger partial charge in [-0.15, -0.1) is 0 Å². The van der Waals surface area contributed by atoms with Crippen LogP contribution in [0.25, 0.3) is 0 Å². The van der Waals surface area contributed by atoms with E-state index in [2.05, 4.69) is 0 Å². The maximum atomic E-state index is 11.4. The second-order valence-corrected chi connectivity index (χ2v) is 1.91. The van der Waals surface area contributed by atoms with Gasteiger partial charge in [0.1, 0.15) is 0 Å². The van der Waals surface area contributed by atoms with E-state index in [1.54, 1.807) is 0 Å². The van der Waals surface area contributed by atoms with E-state index >= 15 is 0 Å². The van der Waals surface area contributed by atoms with E-state index in [9.17, 15) is 8.78 Å². The van der Waals surface area contributed by atoms with Gasteiger partial charge in [-0.05, 0) is 13.8 Å². The first kappa shape index (κ1) is 7.60. The van der Waals surface area contributed by atoms with Crippen molar-refractivity contribution in [3.8, 4) is 0 Å². The normalized spacial score (nSPS) is 9.62. The van der Waals surface area contributed by atoms with Crippen molar-refractivity contribution in [3.05, 3.63) is 11.6 Å². The Labute approximate surface area is 48.2 Å². The molecule has 0 bridgehead atoms.